The molecule has 0 unspecified atom stereocenters. The molecule has 0 aliphatic heterocycles. The fourth-order valence-electron chi connectivity index (χ4n) is 2.55. The van der Waals surface area contributed by atoms with Crippen LogP contribution in [0.1, 0.15) is 30.9 Å². The van der Waals surface area contributed by atoms with Crippen molar-refractivity contribution in [2.75, 3.05) is 13.1 Å². The van der Waals surface area contributed by atoms with Gasteiger partial charge in [-0.25, -0.2) is 4.99 Å². The van der Waals surface area contributed by atoms with Crippen LogP contribution in [0.4, 0.5) is 0 Å². The van der Waals surface area contributed by atoms with Gasteiger partial charge in [0.15, 0.2) is 5.96 Å². The van der Waals surface area contributed by atoms with Crippen molar-refractivity contribution in [2.45, 2.75) is 39.8 Å². The van der Waals surface area contributed by atoms with Gasteiger partial charge in [-0.15, -0.1) is 24.0 Å². The summed E-state index contributed by atoms with van der Waals surface area (Å²) in [5.41, 5.74) is 2.56. The summed E-state index contributed by atoms with van der Waals surface area (Å²) in [7, 11) is 0. The van der Waals surface area contributed by atoms with Gasteiger partial charge in [0.1, 0.15) is 0 Å². The van der Waals surface area contributed by atoms with Gasteiger partial charge < -0.3 is 15.2 Å². The minimum atomic E-state index is 0. The molecule has 0 spiro atoms. The molecule has 0 saturated heterocycles. The SMILES string of the molecule is CCNC(=NCc1ccccc1C)NCCCCn1ccccc1=O.I. The number of hydrogen-bond acceptors (Lipinski definition) is 2. The predicted octanol–water partition coefficient (Wildman–Crippen LogP) is 3.31. The van der Waals surface area contributed by atoms with Gasteiger partial charge in [-0.2, -0.15) is 0 Å². The number of aromatic nitrogens is 1. The topological polar surface area (TPSA) is 58.4 Å². The van der Waals surface area contributed by atoms with Crippen LogP contribution < -0.4 is 16.2 Å². The van der Waals surface area contributed by atoms with Gasteiger partial charge in [0, 0.05) is 31.9 Å². The van der Waals surface area contributed by atoms with Gasteiger partial charge in [0.05, 0.1) is 6.54 Å². The fraction of sp³-hybridized carbons (Fsp3) is 0.400. The fourth-order valence-corrected chi connectivity index (χ4v) is 2.55. The van der Waals surface area contributed by atoms with Crippen LogP contribution in [0.15, 0.2) is 58.4 Å². The molecular formula is C20H29IN4O. The lowest BCUT2D eigenvalue weighted by molar-refractivity contribution is 0.585. The second-order valence-corrected chi connectivity index (χ2v) is 5.99. The number of nitrogens with one attached hydrogen (secondary N) is 2. The Labute approximate surface area is 173 Å². The molecule has 0 atom stereocenters. The third kappa shape index (κ3) is 7.59. The molecule has 0 radical (unpaired) electrons. The lowest BCUT2D eigenvalue weighted by Crippen LogP contribution is -2.37. The highest BCUT2D eigenvalue weighted by atomic mass is 127. The van der Waals surface area contributed by atoms with Crippen molar-refractivity contribution in [2.24, 2.45) is 4.99 Å². The molecule has 2 rings (SSSR count). The number of nitrogens with zero attached hydrogens (tertiary/aromatic N) is 2. The number of aliphatic imine (C=N–C) groups is 1. The first-order chi connectivity index (χ1) is 12.2. The Morgan fingerprint density at radius 2 is 1.85 bits per heavy atom. The lowest BCUT2D eigenvalue weighted by atomic mass is 10.1. The number of pyridine rings is 1. The largest absolute Gasteiger partial charge is 0.357 e. The molecule has 1 heterocycles. The lowest BCUT2D eigenvalue weighted by Gasteiger charge is -2.12. The maximum atomic E-state index is 11.6. The van der Waals surface area contributed by atoms with Gasteiger partial charge in [-0.1, -0.05) is 30.3 Å². The first-order valence-corrected chi connectivity index (χ1v) is 8.93. The van der Waals surface area contributed by atoms with Crippen LogP contribution in [0.2, 0.25) is 0 Å². The van der Waals surface area contributed by atoms with E-state index in [-0.39, 0.29) is 29.5 Å². The summed E-state index contributed by atoms with van der Waals surface area (Å²) < 4.78 is 1.75. The minimum Gasteiger partial charge on any atom is -0.357 e. The van der Waals surface area contributed by atoms with Crippen molar-refractivity contribution in [3.05, 3.63) is 70.1 Å². The monoisotopic (exact) mass is 468 g/mol. The zero-order valence-electron chi connectivity index (χ0n) is 15.6. The van der Waals surface area contributed by atoms with Crippen LogP contribution in [-0.4, -0.2) is 23.6 Å². The van der Waals surface area contributed by atoms with E-state index in [0.29, 0.717) is 6.54 Å². The smallest absolute Gasteiger partial charge is 0.250 e. The van der Waals surface area contributed by atoms with Crippen LogP contribution in [0, 0.1) is 6.92 Å². The zero-order valence-corrected chi connectivity index (χ0v) is 17.9. The van der Waals surface area contributed by atoms with E-state index in [1.54, 1.807) is 16.7 Å². The molecule has 0 aliphatic rings. The number of aryl methyl sites for hydroxylation is 2. The third-order valence-electron chi connectivity index (χ3n) is 4.03. The molecule has 2 aromatic rings. The van der Waals surface area contributed by atoms with E-state index in [9.17, 15) is 4.79 Å². The van der Waals surface area contributed by atoms with Crippen LogP contribution in [0.25, 0.3) is 0 Å². The minimum absolute atomic E-state index is 0. The second kappa shape index (κ2) is 12.5. The highest BCUT2D eigenvalue weighted by Crippen LogP contribution is 2.07. The number of unbranched alkanes of at least 4 members (excludes halogenated alkanes) is 1. The average molecular weight is 468 g/mol. The summed E-state index contributed by atoms with van der Waals surface area (Å²) in [6.45, 7) is 7.25. The van der Waals surface area contributed by atoms with E-state index in [4.69, 9.17) is 0 Å². The molecule has 26 heavy (non-hydrogen) atoms. The average Bonchev–Trinajstić information content (AvgIpc) is 2.62. The Bertz CT molecular complexity index is 742. The molecule has 0 fully saturated rings. The molecule has 1 aromatic carbocycles. The first kappa shape index (κ1) is 22.2. The van der Waals surface area contributed by atoms with Crippen LogP contribution in [-0.2, 0) is 13.1 Å². The van der Waals surface area contributed by atoms with Crippen molar-refractivity contribution >= 4 is 29.9 Å². The number of guanidine groups is 1. The Morgan fingerprint density at radius 1 is 1.08 bits per heavy atom. The summed E-state index contributed by atoms with van der Waals surface area (Å²) in [6, 6.07) is 13.6. The zero-order chi connectivity index (χ0) is 17.9. The summed E-state index contributed by atoms with van der Waals surface area (Å²) in [4.78, 5) is 16.3. The first-order valence-electron chi connectivity index (χ1n) is 8.93. The standard InChI is InChI=1S/C20H28N4O.HI/c1-3-21-20(23-16-18-11-5-4-10-17(18)2)22-13-7-9-15-24-14-8-6-12-19(24)25;/h4-6,8,10-12,14H,3,7,9,13,15-16H2,1-2H3,(H2,21,22,23);1H. The summed E-state index contributed by atoms with van der Waals surface area (Å²) >= 11 is 0. The van der Waals surface area contributed by atoms with Gasteiger partial charge in [0.2, 0.25) is 5.56 Å². The molecular weight excluding hydrogens is 439 g/mol. The third-order valence-corrected chi connectivity index (χ3v) is 4.03. The van der Waals surface area contributed by atoms with Gasteiger partial charge in [-0.3, -0.25) is 4.79 Å². The van der Waals surface area contributed by atoms with Crippen molar-refractivity contribution in [1.82, 2.24) is 15.2 Å². The van der Waals surface area contributed by atoms with Crippen LogP contribution >= 0.6 is 24.0 Å². The van der Waals surface area contributed by atoms with E-state index >= 15 is 0 Å². The van der Waals surface area contributed by atoms with Gasteiger partial charge >= 0.3 is 0 Å². The van der Waals surface area contributed by atoms with Gasteiger partial charge in [0.25, 0.3) is 0 Å². The molecule has 2 N–H and O–H groups in total. The molecule has 6 heteroatoms. The maximum absolute atomic E-state index is 11.6. The van der Waals surface area contributed by atoms with E-state index in [1.165, 1.54) is 11.1 Å². The van der Waals surface area contributed by atoms with E-state index in [0.717, 1.165) is 38.4 Å². The molecule has 0 amide bonds. The molecule has 5 nitrogen and oxygen atoms in total. The highest BCUT2D eigenvalue weighted by molar-refractivity contribution is 14.0. The molecule has 0 bridgehead atoms. The second-order valence-electron chi connectivity index (χ2n) is 5.99. The Balaban J connectivity index is 0.00000338. The molecule has 142 valence electrons. The molecule has 1 aromatic heterocycles. The van der Waals surface area contributed by atoms with Crippen LogP contribution in [0.3, 0.4) is 0 Å². The van der Waals surface area contributed by atoms with Crippen molar-refractivity contribution in [3.8, 4) is 0 Å². The summed E-state index contributed by atoms with van der Waals surface area (Å²) in [5, 5.41) is 6.64. The van der Waals surface area contributed by atoms with E-state index in [1.807, 2.05) is 24.4 Å². The van der Waals surface area contributed by atoms with Crippen molar-refractivity contribution in [3.63, 3.8) is 0 Å². The molecule has 0 aliphatic carbocycles. The summed E-state index contributed by atoms with van der Waals surface area (Å²) in [6.07, 6.45) is 3.77. The summed E-state index contributed by atoms with van der Waals surface area (Å²) in [5.74, 6) is 0.836. The predicted molar refractivity (Wildman–Crippen MR) is 119 cm³/mol. The molecule has 0 saturated carbocycles. The van der Waals surface area contributed by atoms with E-state index < -0.39 is 0 Å². The normalized spacial score (nSPS) is 10.9. The maximum Gasteiger partial charge on any atom is 0.250 e. The van der Waals surface area contributed by atoms with Gasteiger partial charge in [-0.05, 0) is 43.9 Å². The van der Waals surface area contributed by atoms with Crippen molar-refractivity contribution < 1.29 is 0 Å². The number of hydrogen-bond donors (Lipinski definition) is 2. The number of halogens is 1. The quantitative estimate of drug-likeness (QED) is 0.271. The number of rotatable bonds is 8. The number of benzene rings is 1. The Kier molecular flexibility index (Phi) is 10.7. The van der Waals surface area contributed by atoms with Crippen molar-refractivity contribution in [1.29, 1.82) is 0 Å². The Hall–Kier alpha value is -1.83. The highest BCUT2D eigenvalue weighted by Gasteiger charge is 2.00. The van der Waals surface area contributed by atoms with Crippen LogP contribution in [0.5, 0.6) is 0 Å². The Morgan fingerprint density at radius 3 is 2.58 bits per heavy atom. The van der Waals surface area contributed by atoms with E-state index in [2.05, 4.69) is 41.6 Å².